The molecule has 0 aliphatic carbocycles. The fourth-order valence-electron chi connectivity index (χ4n) is 2.03. The van der Waals surface area contributed by atoms with Crippen molar-refractivity contribution >= 4 is 5.69 Å². The SMILES string of the molecule is CCc1ccc(NCCCc2ccccc2)cc1. The van der Waals surface area contributed by atoms with Crippen molar-refractivity contribution in [2.45, 2.75) is 26.2 Å². The summed E-state index contributed by atoms with van der Waals surface area (Å²) in [5.74, 6) is 0. The Morgan fingerprint density at radius 1 is 0.833 bits per heavy atom. The van der Waals surface area contributed by atoms with E-state index in [1.54, 1.807) is 0 Å². The van der Waals surface area contributed by atoms with Crippen LogP contribution in [0.2, 0.25) is 0 Å². The third-order valence-corrected chi connectivity index (χ3v) is 3.18. The van der Waals surface area contributed by atoms with Crippen molar-refractivity contribution in [3.63, 3.8) is 0 Å². The van der Waals surface area contributed by atoms with Gasteiger partial charge in [0.2, 0.25) is 0 Å². The van der Waals surface area contributed by atoms with Crippen molar-refractivity contribution in [1.29, 1.82) is 0 Å². The topological polar surface area (TPSA) is 12.0 Å². The fraction of sp³-hybridized carbons (Fsp3) is 0.294. The largest absolute Gasteiger partial charge is 0.385 e. The molecule has 0 atom stereocenters. The van der Waals surface area contributed by atoms with E-state index in [2.05, 4.69) is 66.8 Å². The second kappa shape index (κ2) is 6.85. The Bertz CT molecular complexity index is 445. The first-order valence-electron chi connectivity index (χ1n) is 6.75. The van der Waals surface area contributed by atoms with Gasteiger partial charge in [-0.3, -0.25) is 0 Å². The molecule has 0 unspecified atom stereocenters. The summed E-state index contributed by atoms with van der Waals surface area (Å²) < 4.78 is 0. The average molecular weight is 239 g/mol. The second-order valence-corrected chi connectivity index (χ2v) is 4.57. The quantitative estimate of drug-likeness (QED) is 0.741. The first-order chi connectivity index (χ1) is 8.88. The zero-order valence-corrected chi connectivity index (χ0v) is 11.0. The van der Waals surface area contributed by atoms with Gasteiger partial charge >= 0.3 is 0 Å². The number of aryl methyl sites for hydroxylation is 2. The summed E-state index contributed by atoms with van der Waals surface area (Å²) in [6.45, 7) is 3.21. The van der Waals surface area contributed by atoms with Crippen LogP contribution in [0, 0.1) is 0 Å². The normalized spacial score (nSPS) is 10.3. The van der Waals surface area contributed by atoms with Crippen LogP contribution in [0.3, 0.4) is 0 Å². The molecule has 0 spiro atoms. The van der Waals surface area contributed by atoms with Gasteiger partial charge in [-0.15, -0.1) is 0 Å². The van der Waals surface area contributed by atoms with Gasteiger partial charge in [0, 0.05) is 12.2 Å². The Labute approximate surface area is 110 Å². The third kappa shape index (κ3) is 3.92. The summed E-state index contributed by atoms with van der Waals surface area (Å²) in [7, 11) is 0. The molecule has 2 rings (SSSR count). The standard InChI is InChI=1S/C17H21N/c1-2-15-10-12-17(13-11-15)18-14-6-9-16-7-4-3-5-8-16/h3-5,7-8,10-13,18H,2,6,9,14H2,1H3. The maximum absolute atomic E-state index is 3.47. The summed E-state index contributed by atoms with van der Waals surface area (Å²) >= 11 is 0. The number of hydrogen-bond donors (Lipinski definition) is 1. The number of hydrogen-bond acceptors (Lipinski definition) is 1. The van der Waals surface area contributed by atoms with Crippen LogP contribution < -0.4 is 5.32 Å². The number of rotatable bonds is 6. The van der Waals surface area contributed by atoms with Gasteiger partial charge in [-0.25, -0.2) is 0 Å². The molecule has 2 aromatic rings. The van der Waals surface area contributed by atoms with Gasteiger partial charge in [0.15, 0.2) is 0 Å². The Morgan fingerprint density at radius 2 is 1.56 bits per heavy atom. The smallest absolute Gasteiger partial charge is 0.0340 e. The van der Waals surface area contributed by atoms with E-state index < -0.39 is 0 Å². The minimum Gasteiger partial charge on any atom is -0.385 e. The molecule has 1 N–H and O–H groups in total. The van der Waals surface area contributed by atoms with Crippen LogP contribution >= 0.6 is 0 Å². The predicted molar refractivity (Wildman–Crippen MR) is 79.1 cm³/mol. The fourth-order valence-corrected chi connectivity index (χ4v) is 2.03. The van der Waals surface area contributed by atoms with Gasteiger partial charge in [-0.1, -0.05) is 49.4 Å². The molecule has 0 radical (unpaired) electrons. The Balaban J connectivity index is 1.72. The molecule has 1 heteroatoms. The van der Waals surface area contributed by atoms with E-state index in [-0.39, 0.29) is 0 Å². The molecular formula is C17H21N. The van der Waals surface area contributed by atoms with Crippen molar-refractivity contribution in [1.82, 2.24) is 0 Å². The highest BCUT2D eigenvalue weighted by Gasteiger charge is 1.94. The molecule has 0 bridgehead atoms. The summed E-state index contributed by atoms with van der Waals surface area (Å²) in [6.07, 6.45) is 3.41. The second-order valence-electron chi connectivity index (χ2n) is 4.57. The molecule has 0 fully saturated rings. The molecule has 0 heterocycles. The van der Waals surface area contributed by atoms with Crippen LogP contribution in [0.1, 0.15) is 24.5 Å². The van der Waals surface area contributed by atoms with E-state index in [1.807, 2.05) is 0 Å². The lowest BCUT2D eigenvalue weighted by atomic mass is 10.1. The van der Waals surface area contributed by atoms with Gasteiger partial charge in [0.25, 0.3) is 0 Å². The highest BCUT2D eigenvalue weighted by Crippen LogP contribution is 2.10. The third-order valence-electron chi connectivity index (χ3n) is 3.18. The van der Waals surface area contributed by atoms with E-state index >= 15 is 0 Å². The monoisotopic (exact) mass is 239 g/mol. The van der Waals surface area contributed by atoms with Crippen molar-refractivity contribution in [2.24, 2.45) is 0 Å². The lowest BCUT2D eigenvalue weighted by Gasteiger charge is -2.07. The van der Waals surface area contributed by atoms with E-state index in [0.717, 1.165) is 19.4 Å². The number of benzene rings is 2. The van der Waals surface area contributed by atoms with E-state index in [1.165, 1.54) is 23.2 Å². The molecule has 0 aliphatic rings. The number of anilines is 1. The van der Waals surface area contributed by atoms with Gasteiger partial charge in [-0.05, 0) is 42.5 Å². The molecule has 0 amide bonds. The van der Waals surface area contributed by atoms with Crippen LogP contribution in [0.5, 0.6) is 0 Å². The molecule has 94 valence electrons. The van der Waals surface area contributed by atoms with Crippen LogP contribution in [0.25, 0.3) is 0 Å². The predicted octanol–water partition coefficient (Wildman–Crippen LogP) is 4.29. The first kappa shape index (κ1) is 12.7. The molecule has 1 nitrogen and oxygen atoms in total. The summed E-state index contributed by atoms with van der Waals surface area (Å²) in [5.41, 5.74) is 4.03. The Morgan fingerprint density at radius 3 is 2.22 bits per heavy atom. The molecule has 0 aromatic heterocycles. The van der Waals surface area contributed by atoms with Crippen LogP contribution in [0.4, 0.5) is 5.69 Å². The highest BCUT2D eigenvalue weighted by atomic mass is 14.9. The maximum Gasteiger partial charge on any atom is 0.0340 e. The minimum absolute atomic E-state index is 1.03. The Kier molecular flexibility index (Phi) is 4.83. The lowest BCUT2D eigenvalue weighted by Crippen LogP contribution is -2.02. The van der Waals surface area contributed by atoms with E-state index in [9.17, 15) is 0 Å². The maximum atomic E-state index is 3.47. The number of nitrogens with one attached hydrogen (secondary N) is 1. The molecule has 0 saturated carbocycles. The van der Waals surface area contributed by atoms with Gasteiger partial charge in [0.05, 0.1) is 0 Å². The molecule has 2 aromatic carbocycles. The van der Waals surface area contributed by atoms with Crippen LogP contribution in [-0.2, 0) is 12.8 Å². The molecular weight excluding hydrogens is 218 g/mol. The zero-order valence-electron chi connectivity index (χ0n) is 11.0. The minimum atomic E-state index is 1.03. The summed E-state index contributed by atoms with van der Waals surface area (Å²) in [5, 5.41) is 3.47. The van der Waals surface area contributed by atoms with E-state index in [4.69, 9.17) is 0 Å². The molecule has 0 saturated heterocycles. The van der Waals surface area contributed by atoms with Gasteiger partial charge < -0.3 is 5.32 Å². The van der Waals surface area contributed by atoms with Crippen molar-refractivity contribution in [2.75, 3.05) is 11.9 Å². The van der Waals surface area contributed by atoms with Gasteiger partial charge in [0.1, 0.15) is 0 Å². The van der Waals surface area contributed by atoms with Crippen LogP contribution in [0.15, 0.2) is 54.6 Å². The van der Waals surface area contributed by atoms with Gasteiger partial charge in [-0.2, -0.15) is 0 Å². The molecule has 18 heavy (non-hydrogen) atoms. The average Bonchev–Trinajstić information content (AvgIpc) is 2.45. The highest BCUT2D eigenvalue weighted by molar-refractivity contribution is 5.44. The van der Waals surface area contributed by atoms with Crippen LogP contribution in [-0.4, -0.2) is 6.54 Å². The summed E-state index contributed by atoms with van der Waals surface area (Å²) in [4.78, 5) is 0. The lowest BCUT2D eigenvalue weighted by molar-refractivity contribution is 0.863. The van der Waals surface area contributed by atoms with E-state index in [0.29, 0.717) is 0 Å². The zero-order chi connectivity index (χ0) is 12.6. The summed E-state index contributed by atoms with van der Waals surface area (Å²) in [6, 6.07) is 19.4. The van der Waals surface area contributed by atoms with Crippen molar-refractivity contribution in [3.05, 3.63) is 65.7 Å². The van der Waals surface area contributed by atoms with Crippen molar-refractivity contribution in [3.8, 4) is 0 Å². The Hall–Kier alpha value is -1.76. The molecule has 0 aliphatic heterocycles. The first-order valence-corrected chi connectivity index (χ1v) is 6.75. The van der Waals surface area contributed by atoms with Crippen molar-refractivity contribution < 1.29 is 0 Å².